The number of nitrogens with two attached hydrogens (primary N) is 1. The van der Waals surface area contributed by atoms with E-state index in [1.807, 2.05) is 6.92 Å². The highest BCUT2D eigenvalue weighted by Gasteiger charge is 2.10. The lowest BCUT2D eigenvalue weighted by Gasteiger charge is -2.03. The summed E-state index contributed by atoms with van der Waals surface area (Å²) in [4.78, 5) is 0. The second kappa shape index (κ2) is 5.54. The van der Waals surface area contributed by atoms with Crippen molar-refractivity contribution < 1.29 is 4.42 Å². The van der Waals surface area contributed by atoms with Crippen molar-refractivity contribution in [3.8, 4) is 0 Å². The van der Waals surface area contributed by atoms with E-state index in [1.165, 1.54) is 28.5 Å². The predicted octanol–water partition coefficient (Wildman–Crippen LogP) is 3.00. The van der Waals surface area contributed by atoms with Crippen LogP contribution in [0, 0.1) is 13.8 Å². The molecule has 1 aromatic heterocycles. The van der Waals surface area contributed by atoms with Crippen molar-refractivity contribution in [2.45, 2.75) is 37.8 Å². The van der Waals surface area contributed by atoms with E-state index < -0.39 is 0 Å². The normalized spacial score (nSPS) is 12.7. The molecule has 1 atom stereocenters. The van der Waals surface area contributed by atoms with Gasteiger partial charge in [-0.25, -0.2) is 0 Å². The van der Waals surface area contributed by atoms with Crippen LogP contribution >= 0.6 is 11.8 Å². The molecule has 18 heavy (non-hydrogen) atoms. The molecule has 1 aromatic carbocycles. The lowest BCUT2D eigenvalue weighted by atomic mass is 10.1. The van der Waals surface area contributed by atoms with Crippen molar-refractivity contribution >= 4 is 11.8 Å². The van der Waals surface area contributed by atoms with Crippen molar-refractivity contribution in [1.82, 2.24) is 10.2 Å². The molecular formula is C13H17N3OS. The number of hydrogen-bond donors (Lipinski definition) is 1. The zero-order valence-corrected chi connectivity index (χ0v) is 11.6. The molecule has 2 aromatic rings. The summed E-state index contributed by atoms with van der Waals surface area (Å²) in [7, 11) is 0. The van der Waals surface area contributed by atoms with Gasteiger partial charge in [0.1, 0.15) is 0 Å². The second-order valence-corrected chi connectivity index (χ2v) is 5.33. The average Bonchev–Trinajstić information content (AvgIpc) is 2.79. The van der Waals surface area contributed by atoms with E-state index in [9.17, 15) is 0 Å². The van der Waals surface area contributed by atoms with Gasteiger partial charge >= 0.3 is 0 Å². The SMILES string of the molecule is Cc1ccc(CSc2nnc(C(C)N)o2)cc1C. The van der Waals surface area contributed by atoms with E-state index in [4.69, 9.17) is 10.2 Å². The van der Waals surface area contributed by atoms with Crippen LogP contribution < -0.4 is 5.73 Å². The van der Waals surface area contributed by atoms with Crippen LogP contribution in [0.4, 0.5) is 0 Å². The van der Waals surface area contributed by atoms with Crippen molar-refractivity contribution in [3.63, 3.8) is 0 Å². The van der Waals surface area contributed by atoms with Crippen molar-refractivity contribution in [2.24, 2.45) is 5.73 Å². The summed E-state index contributed by atoms with van der Waals surface area (Å²) < 4.78 is 5.44. The Morgan fingerprint density at radius 2 is 2.06 bits per heavy atom. The molecule has 0 aliphatic carbocycles. The molecule has 2 rings (SSSR count). The molecule has 0 aliphatic heterocycles. The molecule has 2 N–H and O–H groups in total. The molecule has 0 saturated heterocycles. The summed E-state index contributed by atoms with van der Waals surface area (Å²) >= 11 is 1.53. The molecule has 0 radical (unpaired) electrons. The van der Waals surface area contributed by atoms with E-state index in [0.29, 0.717) is 11.1 Å². The summed E-state index contributed by atoms with van der Waals surface area (Å²) in [6, 6.07) is 6.23. The van der Waals surface area contributed by atoms with Gasteiger partial charge in [0, 0.05) is 5.75 Å². The molecule has 1 heterocycles. The van der Waals surface area contributed by atoms with Crippen LogP contribution in [-0.4, -0.2) is 10.2 Å². The first-order chi connectivity index (χ1) is 8.56. The number of hydrogen-bond acceptors (Lipinski definition) is 5. The van der Waals surface area contributed by atoms with Gasteiger partial charge in [-0.05, 0) is 37.5 Å². The molecule has 96 valence electrons. The van der Waals surface area contributed by atoms with Crippen LogP contribution in [0.5, 0.6) is 0 Å². The van der Waals surface area contributed by atoms with E-state index in [0.717, 1.165) is 5.75 Å². The Morgan fingerprint density at radius 3 is 2.67 bits per heavy atom. The van der Waals surface area contributed by atoms with Gasteiger partial charge in [0.25, 0.3) is 5.22 Å². The zero-order valence-electron chi connectivity index (χ0n) is 10.8. The number of thioether (sulfide) groups is 1. The Labute approximate surface area is 111 Å². The summed E-state index contributed by atoms with van der Waals surface area (Å²) in [6.45, 7) is 6.05. The van der Waals surface area contributed by atoms with Crippen molar-refractivity contribution in [3.05, 3.63) is 40.8 Å². The van der Waals surface area contributed by atoms with E-state index in [-0.39, 0.29) is 6.04 Å². The monoisotopic (exact) mass is 263 g/mol. The maximum atomic E-state index is 5.67. The minimum absolute atomic E-state index is 0.214. The Balaban J connectivity index is 2.00. The minimum atomic E-state index is -0.214. The number of rotatable bonds is 4. The molecular weight excluding hydrogens is 246 g/mol. The van der Waals surface area contributed by atoms with Crippen molar-refractivity contribution in [1.29, 1.82) is 0 Å². The molecule has 0 fully saturated rings. The van der Waals surface area contributed by atoms with Crippen LogP contribution in [0.3, 0.4) is 0 Å². The fourth-order valence-corrected chi connectivity index (χ4v) is 2.21. The number of nitrogens with zero attached hydrogens (tertiary/aromatic N) is 2. The van der Waals surface area contributed by atoms with Crippen LogP contribution in [-0.2, 0) is 5.75 Å². The number of aromatic nitrogens is 2. The molecule has 0 amide bonds. The molecule has 0 aliphatic rings. The van der Waals surface area contributed by atoms with Crippen LogP contribution in [0.1, 0.15) is 35.5 Å². The highest BCUT2D eigenvalue weighted by molar-refractivity contribution is 7.98. The van der Waals surface area contributed by atoms with Crippen LogP contribution in [0.15, 0.2) is 27.8 Å². The fraction of sp³-hybridized carbons (Fsp3) is 0.385. The predicted molar refractivity (Wildman–Crippen MR) is 72.4 cm³/mol. The standard InChI is InChI=1S/C13H17N3OS/c1-8-4-5-11(6-9(8)2)7-18-13-16-15-12(17-13)10(3)14/h4-6,10H,7,14H2,1-3H3. The van der Waals surface area contributed by atoms with Gasteiger partial charge < -0.3 is 10.2 Å². The highest BCUT2D eigenvalue weighted by Crippen LogP contribution is 2.23. The van der Waals surface area contributed by atoms with E-state index in [2.05, 4.69) is 42.2 Å². The van der Waals surface area contributed by atoms with Crippen LogP contribution in [0.25, 0.3) is 0 Å². The smallest absolute Gasteiger partial charge is 0.276 e. The Kier molecular flexibility index (Phi) is 4.04. The molecule has 0 bridgehead atoms. The summed E-state index contributed by atoms with van der Waals surface area (Å²) in [5.74, 6) is 1.31. The summed E-state index contributed by atoms with van der Waals surface area (Å²) in [5.41, 5.74) is 9.53. The Bertz CT molecular complexity index is 537. The average molecular weight is 263 g/mol. The van der Waals surface area contributed by atoms with Gasteiger partial charge in [0.2, 0.25) is 5.89 Å². The van der Waals surface area contributed by atoms with E-state index in [1.54, 1.807) is 0 Å². The van der Waals surface area contributed by atoms with Gasteiger partial charge in [0.05, 0.1) is 6.04 Å². The lowest BCUT2D eigenvalue weighted by Crippen LogP contribution is -2.04. The highest BCUT2D eigenvalue weighted by atomic mass is 32.2. The summed E-state index contributed by atoms with van der Waals surface area (Å²) in [6.07, 6.45) is 0. The second-order valence-electron chi connectivity index (χ2n) is 4.40. The third kappa shape index (κ3) is 3.11. The first kappa shape index (κ1) is 13.1. The fourth-order valence-electron chi connectivity index (χ4n) is 1.50. The Morgan fingerprint density at radius 1 is 1.28 bits per heavy atom. The molecule has 1 unspecified atom stereocenters. The maximum Gasteiger partial charge on any atom is 0.276 e. The Hall–Kier alpha value is -1.33. The van der Waals surface area contributed by atoms with Gasteiger partial charge in [-0.1, -0.05) is 30.0 Å². The first-order valence-corrected chi connectivity index (χ1v) is 6.82. The molecule has 0 saturated carbocycles. The maximum absolute atomic E-state index is 5.67. The molecule has 5 heteroatoms. The molecule has 0 spiro atoms. The third-order valence-electron chi connectivity index (χ3n) is 2.75. The lowest BCUT2D eigenvalue weighted by molar-refractivity contribution is 0.394. The van der Waals surface area contributed by atoms with Gasteiger partial charge in [-0.2, -0.15) is 0 Å². The van der Waals surface area contributed by atoms with Crippen molar-refractivity contribution in [2.75, 3.05) is 0 Å². The summed E-state index contributed by atoms with van der Waals surface area (Å²) in [5, 5.41) is 8.43. The van der Waals surface area contributed by atoms with Gasteiger partial charge in [-0.3, -0.25) is 0 Å². The number of aryl methyl sites for hydroxylation is 2. The topological polar surface area (TPSA) is 64.9 Å². The van der Waals surface area contributed by atoms with E-state index >= 15 is 0 Å². The zero-order chi connectivity index (χ0) is 13.1. The quantitative estimate of drug-likeness (QED) is 0.859. The van der Waals surface area contributed by atoms with Crippen LogP contribution in [0.2, 0.25) is 0 Å². The molecule has 4 nitrogen and oxygen atoms in total. The van der Waals surface area contributed by atoms with Gasteiger partial charge in [0.15, 0.2) is 0 Å². The number of benzene rings is 1. The third-order valence-corrected chi connectivity index (χ3v) is 3.63. The minimum Gasteiger partial charge on any atom is -0.414 e. The van der Waals surface area contributed by atoms with Gasteiger partial charge in [-0.15, -0.1) is 10.2 Å². The first-order valence-electron chi connectivity index (χ1n) is 5.84. The largest absolute Gasteiger partial charge is 0.414 e.